The summed E-state index contributed by atoms with van der Waals surface area (Å²) in [5.74, 6) is 0.261. The van der Waals surface area contributed by atoms with Crippen molar-refractivity contribution in [3.05, 3.63) is 59.3 Å². The van der Waals surface area contributed by atoms with Crippen molar-refractivity contribution >= 4 is 29.6 Å². The number of amides is 2. The number of aromatic nitrogens is 1. The third-order valence-electron chi connectivity index (χ3n) is 4.27. The van der Waals surface area contributed by atoms with Crippen LogP contribution in [-0.2, 0) is 9.53 Å². The molecule has 0 aliphatic heterocycles. The molecule has 164 valence electrons. The molecule has 1 aromatic heterocycles. The number of ketones is 1. The van der Waals surface area contributed by atoms with Gasteiger partial charge in [0.15, 0.2) is 0 Å². The third kappa shape index (κ3) is 8.35. The normalized spacial score (nSPS) is 10.6. The molecule has 0 fully saturated rings. The number of nitrogens with one attached hydrogen (secondary N) is 3. The number of Topliss-reactive ketones (excluding diaryl/α,β-unsaturated/α-hetero) is 1. The maximum atomic E-state index is 12.1. The van der Waals surface area contributed by atoms with E-state index in [-0.39, 0.29) is 17.6 Å². The number of benzene rings is 1. The lowest BCUT2D eigenvalue weighted by Crippen LogP contribution is -2.27. The van der Waals surface area contributed by atoms with Gasteiger partial charge >= 0.3 is 0 Å². The summed E-state index contributed by atoms with van der Waals surface area (Å²) in [6, 6.07) is 10.2. The number of anilines is 1. The molecule has 2 rings (SSSR count). The van der Waals surface area contributed by atoms with E-state index in [1.54, 1.807) is 49.7 Å². The molecule has 2 aromatic rings. The van der Waals surface area contributed by atoms with Crippen LogP contribution >= 0.6 is 0 Å². The maximum Gasteiger partial charge on any atom is 0.252 e. The largest absolute Gasteiger partial charge is 0.379 e. The van der Waals surface area contributed by atoms with E-state index in [4.69, 9.17) is 4.74 Å². The fourth-order valence-corrected chi connectivity index (χ4v) is 2.44. The molecule has 0 aliphatic rings. The molecule has 3 N–H and O–H groups in total. The van der Waals surface area contributed by atoms with Crippen molar-refractivity contribution in [2.24, 2.45) is 5.10 Å². The average molecular weight is 425 g/mol. The average Bonchev–Trinajstić information content (AvgIpc) is 2.81. The number of nitrogens with zero attached hydrogens (tertiary/aromatic N) is 2. The minimum atomic E-state index is -0.206. The van der Waals surface area contributed by atoms with Gasteiger partial charge in [0.2, 0.25) is 0 Å². The van der Waals surface area contributed by atoms with Crippen LogP contribution in [0.1, 0.15) is 46.0 Å². The van der Waals surface area contributed by atoms with Gasteiger partial charge in [-0.1, -0.05) is 19.1 Å². The lowest BCUT2D eigenvalue weighted by Gasteiger charge is -2.06. The second kappa shape index (κ2) is 12.9. The van der Waals surface area contributed by atoms with Gasteiger partial charge < -0.3 is 15.4 Å². The number of hydrogen-bond donors (Lipinski definition) is 3. The van der Waals surface area contributed by atoms with Gasteiger partial charge in [-0.25, -0.2) is 4.98 Å². The monoisotopic (exact) mass is 425 g/mol. The van der Waals surface area contributed by atoms with E-state index in [1.165, 1.54) is 6.20 Å². The Morgan fingerprint density at radius 2 is 1.77 bits per heavy atom. The lowest BCUT2D eigenvalue weighted by molar-refractivity contribution is -0.119. The van der Waals surface area contributed by atoms with Crippen LogP contribution in [0.3, 0.4) is 0 Å². The first kappa shape index (κ1) is 23.7. The Morgan fingerprint density at radius 3 is 2.42 bits per heavy atom. The summed E-state index contributed by atoms with van der Waals surface area (Å²) in [6.07, 6.45) is 3.97. The molecule has 9 heteroatoms. The molecular formula is C22H27N5O4. The minimum absolute atomic E-state index is 0.165. The number of ether oxygens (including phenoxy) is 1. The van der Waals surface area contributed by atoms with Crippen LogP contribution in [0.5, 0.6) is 0 Å². The summed E-state index contributed by atoms with van der Waals surface area (Å²) in [4.78, 5) is 38.9. The van der Waals surface area contributed by atoms with E-state index in [2.05, 4.69) is 26.1 Å². The van der Waals surface area contributed by atoms with Crippen LogP contribution in [0.25, 0.3) is 0 Å². The number of hydrogen-bond acceptors (Lipinski definition) is 7. The highest BCUT2D eigenvalue weighted by atomic mass is 16.5. The van der Waals surface area contributed by atoms with Crippen LogP contribution in [-0.4, -0.2) is 55.6 Å². The van der Waals surface area contributed by atoms with E-state index in [0.717, 1.165) is 5.56 Å². The molecule has 0 spiro atoms. The van der Waals surface area contributed by atoms with Crippen LogP contribution in [0.15, 0.2) is 47.7 Å². The molecule has 0 saturated heterocycles. The Bertz CT molecular complexity index is 895. The standard InChI is InChI=1S/C22H27N5O4/c1-3-19(28)10-12-31-13-11-24-22(30)17-6-4-16(5-7-17)14-26-27-20-9-8-18(15-25-20)21(29)23-2/h4-9,14-15H,3,10-13H2,1-2H3,(H,23,29)(H,24,30)(H,25,27)/b26-14+. The number of carbonyl (C=O) groups excluding carboxylic acids is 3. The van der Waals surface area contributed by atoms with Crippen LogP contribution in [0.4, 0.5) is 5.82 Å². The zero-order valence-electron chi connectivity index (χ0n) is 17.7. The fraction of sp³-hybridized carbons (Fsp3) is 0.318. The van der Waals surface area contributed by atoms with Crippen molar-refractivity contribution in [3.63, 3.8) is 0 Å². The quantitative estimate of drug-likeness (QED) is 0.272. The first-order chi connectivity index (χ1) is 15.0. The molecule has 31 heavy (non-hydrogen) atoms. The maximum absolute atomic E-state index is 12.1. The molecule has 0 aliphatic carbocycles. The molecule has 0 bridgehead atoms. The molecule has 2 amide bonds. The van der Waals surface area contributed by atoms with E-state index in [0.29, 0.717) is 49.5 Å². The van der Waals surface area contributed by atoms with E-state index >= 15 is 0 Å². The SMILES string of the molecule is CCC(=O)CCOCCNC(=O)c1ccc(/C=N/Nc2ccc(C(=O)NC)cn2)cc1. The van der Waals surface area contributed by atoms with Gasteiger partial charge in [0, 0.05) is 38.2 Å². The second-order valence-electron chi connectivity index (χ2n) is 6.51. The van der Waals surface area contributed by atoms with Crippen LogP contribution in [0, 0.1) is 0 Å². The van der Waals surface area contributed by atoms with Gasteiger partial charge in [-0.05, 0) is 29.8 Å². The summed E-state index contributed by atoms with van der Waals surface area (Å²) in [5.41, 5.74) is 4.57. The van der Waals surface area contributed by atoms with E-state index in [1.807, 2.05) is 6.92 Å². The Kier molecular flexibility index (Phi) is 9.83. The molecule has 0 radical (unpaired) electrons. The van der Waals surface area contributed by atoms with Crippen molar-refractivity contribution in [1.29, 1.82) is 0 Å². The summed E-state index contributed by atoms with van der Waals surface area (Å²) >= 11 is 0. The predicted molar refractivity (Wildman–Crippen MR) is 118 cm³/mol. The zero-order chi connectivity index (χ0) is 22.5. The molecular weight excluding hydrogens is 398 g/mol. The van der Waals surface area contributed by atoms with Crippen LogP contribution < -0.4 is 16.1 Å². The Balaban J connectivity index is 1.73. The van der Waals surface area contributed by atoms with Crippen molar-refractivity contribution in [3.8, 4) is 0 Å². The van der Waals surface area contributed by atoms with E-state index < -0.39 is 0 Å². The van der Waals surface area contributed by atoms with Gasteiger partial charge in [-0.15, -0.1) is 0 Å². The minimum Gasteiger partial charge on any atom is -0.379 e. The van der Waals surface area contributed by atoms with Crippen molar-refractivity contribution in [1.82, 2.24) is 15.6 Å². The van der Waals surface area contributed by atoms with Gasteiger partial charge in [0.25, 0.3) is 11.8 Å². The first-order valence-corrected chi connectivity index (χ1v) is 9.98. The lowest BCUT2D eigenvalue weighted by atomic mass is 10.1. The van der Waals surface area contributed by atoms with Crippen molar-refractivity contribution in [2.45, 2.75) is 19.8 Å². The van der Waals surface area contributed by atoms with Gasteiger partial charge in [-0.3, -0.25) is 19.8 Å². The Morgan fingerprint density at radius 1 is 1.03 bits per heavy atom. The van der Waals surface area contributed by atoms with Gasteiger partial charge in [0.05, 0.1) is 25.0 Å². The van der Waals surface area contributed by atoms with Crippen LogP contribution in [0.2, 0.25) is 0 Å². The van der Waals surface area contributed by atoms with Gasteiger partial charge in [-0.2, -0.15) is 5.10 Å². The number of pyridine rings is 1. The number of hydrazone groups is 1. The number of rotatable bonds is 12. The van der Waals surface area contributed by atoms with Crippen molar-refractivity contribution in [2.75, 3.05) is 32.2 Å². The highest BCUT2D eigenvalue weighted by molar-refractivity contribution is 5.95. The second-order valence-corrected chi connectivity index (χ2v) is 6.51. The Hall–Kier alpha value is -3.59. The Labute approximate surface area is 181 Å². The molecule has 0 unspecified atom stereocenters. The number of carbonyl (C=O) groups is 3. The molecule has 0 saturated carbocycles. The summed E-state index contributed by atoms with van der Waals surface area (Å²) in [6.45, 7) is 2.93. The molecule has 1 aromatic carbocycles. The molecule has 0 atom stereocenters. The highest BCUT2D eigenvalue weighted by Gasteiger charge is 2.05. The first-order valence-electron chi connectivity index (χ1n) is 9.98. The summed E-state index contributed by atoms with van der Waals surface area (Å²) in [5, 5.41) is 9.40. The predicted octanol–water partition coefficient (Wildman–Crippen LogP) is 2.00. The zero-order valence-corrected chi connectivity index (χ0v) is 17.7. The van der Waals surface area contributed by atoms with Gasteiger partial charge in [0.1, 0.15) is 11.6 Å². The summed E-state index contributed by atoms with van der Waals surface area (Å²) in [7, 11) is 1.56. The van der Waals surface area contributed by atoms with Crippen molar-refractivity contribution < 1.29 is 19.1 Å². The summed E-state index contributed by atoms with van der Waals surface area (Å²) < 4.78 is 5.33. The van der Waals surface area contributed by atoms with E-state index in [9.17, 15) is 14.4 Å². The third-order valence-corrected chi connectivity index (χ3v) is 4.27. The topological polar surface area (TPSA) is 122 Å². The smallest absolute Gasteiger partial charge is 0.252 e. The highest BCUT2D eigenvalue weighted by Crippen LogP contribution is 2.06. The fourth-order valence-electron chi connectivity index (χ4n) is 2.44. The molecule has 9 nitrogen and oxygen atoms in total. The molecule has 1 heterocycles.